The van der Waals surface area contributed by atoms with E-state index in [0.29, 0.717) is 18.7 Å². The normalized spacial score (nSPS) is 12.7. The van der Waals surface area contributed by atoms with Crippen LogP contribution in [0.25, 0.3) is 0 Å². The summed E-state index contributed by atoms with van der Waals surface area (Å²) in [5, 5.41) is 3.99. The molecule has 0 amide bonds. The number of unbranched alkanes of at least 4 members (excludes halogenated alkanes) is 2. The molecule has 0 aromatic heterocycles. The maximum Gasteiger partial charge on any atom is 0.333 e. The minimum Gasteiger partial charge on any atom is -0.466 e. The quantitative estimate of drug-likeness (QED) is 0.0853. The Morgan fingerprint density at radius 3 is 2.14 bits per heavy atom. The fraction of sp³-hybridized carbons (Fsp3) is 0.792. The fourth-order valence-corrected chi connectivity index (χ4v) is 2.64. The van der Waals surface area contributed by atoms with Gasteiger partial charge in [-0.1, -0.05) is 47.1 Å². The highest BCUT2D eigenvalue weighted by Crippen LogP contribution is 2.18. The predicted octanol–water partition coefficient (Wildman–Crippen LogP) is 2.92. The van der Waals surface area contributed by atoms with Crippen LogP contribution in [-0.4, -0.2) is 87.3 Å². The van der Waals surface area contributed by atoms with E-state index in [4.69, 9.17) is 24.1 Å². The highest BCUT2D eigenvalue weighted by atomic mass is 17.1. The van der Waals surface area contributed by atoms with E-state index in [1.54, 1.807) is 35.0 Å². The summed E-state index contributed by atoms with van der Waals surface area (Å²) in [5.41, 5.74) is -0.224. The molecule has 0 saturated heterocycles. The number of hydrogen-bond acceptors (Lipinski definition) is 11. The van der Waals surface area contributed by atoms with Crippen molar-refractivity contribution in [3.8, 4) is 0 Å². The summed E-state index contributed by atoms with van der Waals surface area (Å²) in [5.74, 6) is -1.64. The van der Waals surface area contributed by atoms with Crippen molar-refractivity contribution in [1.29, 1.82) is 0 Å². The molecule has 0 aromatic rings. The van der Waals surface area contributed by atoms with Gasteiger partial charge in [-0.2, -0.15) is 20.0 Å². The molecule has 0 aliphatic rings. The zero-order chi connectivity index (χ0) is 27.0. The van der Waals surface area contributed by atoms with E-state index >= 15 is 0 Å². The van der Waals surface area contributed by atoms with E-state index in [1.807, 2.05) is 13.8 Å². The Morgan fingerprint density at radius 2 is 1.54 bits per heavy atom. The molecule has 11 nitrogen and oxygen atoms in total. The lowest BCUT2D eigenvalue weighted by Gasteiger charge is -2.27. The standard InChI is InChI=1S/C24H45N3O8/c1-10-11-12-15-31-21(28)13-14-25(7)34-27(9)35-26(8)16-20(4)23(30)33-18-24(5,6)17-32-22(29)19(2)3/h20H,2,10-18H2,1,3-9H3. The summed E-state index contributed by atoms with van der Waals surface area (Å²) in [6, 6.07) is 0. The first-order chi connectivity index (χ1) is 16.3. The Hall–Kier alpha value is -2.05. The molecular weight excluding hydrogens is 458 g/mol. The van der Waals surface area contributed by atoms with Crippen LogP contribution in [-0.2, 0) is 38.5 Å². The lowest BCUT2D eigenvalue weighted by molar-refractivity contribution is -0.496. The third kappa shape index (κ3) is 17.1. The van der Waals surface area contributed by atoms with E-state index in [1.165, 1.54) is 10.1 Å². The van der Waals surface area contributed by atoms with E-state index in [-0.39, 0.29) is 32.1 Å². The van der Waals surface area contributed by atoms with Gasteiger partial charge in [0.25, 0.3) is 0 Å². The second kappa shape index (κ2) is 17.4. The molecule has 0 aromatic carbocycles. The first-order valence-electron chi connectivity index (χ1n) is 11.9. The summed E-state index contributed by atoms with van der Waals surface area (Å²) in [6.45, 7) is 13.8. The fourth-order valence-electron chi connectivity index (χ4n) is 2.64. The van der Waals surface area contributed by atoms with Gasteiger partial charge in [-0.05, 0) is 18.6 Å². The van der Waals surface area contributed by atoms with Gasteiger partial charge in [-0.25, -0.2) is 4.79 Å². The Bertz CT molecular complexity index is 671. The number of carbonyl (C=O) groups excluding carboxylic acids is 3. The van der Waals surface area contributed by atoms with Crippen LogP contribution in [0.1, 0.15) is 60.3 Å². The minimum atomic E-state index is -0.538. The molecule has 1 unspecified atom stereocenters. The Kier molecular flexibility index (Phi) is 16.4. The van der Waals surface area contributed by atoms with Crippen molar-refractivity contribution < 1.29 is 38.5 Å². The first-order valence-corrected chi connectivity index (χ1v) is 11.9. The van der Waals surface area contributed by atoms with Gasteiger partial charge in [-0.15, -0.1) is 0 Å². The van der Waals surface area contributed by atoms with E-state index < -0.39 is 23.3 Å². The van der Waals surface area contributed by atoms with Crippen LogP contribution < -0.4 is 0 Å². The van der Waals surface area contributed by atoms with Crippen molar-refractivity contribution in [3.05, 3.63) is 12.2 Å². The van der Waals surface area contributed by atoms with Crippen molar-refractivity contribution in [2.45, 2.75) is 60.3 Å². The average molecular weight is 504 g/mol. The number of ether oxygens (including phenoxy) is 3. The zero-order valence-corrected chi connectivity index (χ0v) is 22.8. The van der Waals surface area contributed by atoms with Crippen LogP contribution in [0.2, 0.25) is 0 Å². The second-order valence-electron chi connectivity index (χ2n) is 9.47. The van der Waals surface area contributed by atoms with Gasteiger partial charge >= 0.3 is 17.9 Å². The van der Waals surface area contributed by atoms with E-state index in [9.17, 15) is 14.4 Å². The molecule has 11 heteroatoms. The molecule has 0 aliphatic carbocycles. The van der Waals surface area contributed by atoms with Crippen LogP contribution >= 0.6 is 0 Å². The lowest BCUT2D eigenvalue weighted by Crippen LogP contribution is -2.39. The highest BCUT2D eigenvalue weighted by Gasteiger charge is 2.25. The SMILES string of the molecule is C=C(C)C(=O)OCC(C)(C)COC(=O)C(C)CN(C)ON(C)ON(C)CCC(=O)OCCCCC. The summed E-state index contributed by atoms with van der Waals surface area (Å²) < 4.78 is 15.7. The zero-order valence-electron chi connectivity index (χ0n) is 22.8. The molecule has 204 valence electrons. The largest absolute Gasteiger partial charge is 0.466 e. The van der Waals surface area contributed by atoms with Gasteiger partial charge in [0.1, 0.15) is 0 Å². The third-order valence-corrected chi connectivity index (χ3v) is 4.63. The van der Waals surface area contributed by atoms with Crippen LogP contribution in [0.3, 0.4) is 0 Å². The molecule has 0 bridgehead atoms. The molecule has 0 N–H and O–H groups in total. The average Bonchev–Trinajstić information content (AvgIpc) is 2.76. The van der Waals surface area contributed by atoms with Crippen LogP contribution in [0.4, 0.5) is 0 Å². The van der Waals surface area contributed by atoms with Crippen LogP contribution in [0, 0.1) is 11.3 Å². The Labute approximate surface area is 210 Å². The van der Waals surface area contributed by atoms with Gasteiger partial charge in [0.2, 0.25) is 0 Å². The monoisotopic (exact) mass is 503 g/mol. The topological polar surface area (TPSA) is 107 Å². The predicted molar refractivity (Wildman–Crippen MR) is 130 cm³/mol. The Balaban J connectivity index is 4.23. The molecular formula is C24H45N3O8. The number of esters is 3. The van der Waals surface area contributed by atoms with Gasteiger partial charge in [-0.3, -0.25) is 9.59 Å². The molecule has 0 rings (SSSR count). The molecule has 0 radical (unpaired) electrons. The summed E-state index contributed by atoms with van der Waals surface area (Å²) in [7, 11) is 4.87. The maximum atomic E-state index is 12.4. The smallest absolute Gasteiger partial charge is 0.333 e. The number of hydroxylamine groups is 6. The first kappa shape index (κ1) is 33.0. The van der Waals surface area contributed by atoms with Crippen molar-refractivity contribution in [3.63, 3.8) is 0 Å². The van der Waals surface area contributed by atoms with Gasteiger partial charge in [0.05, 0.1) is 32.2 Å². The summed E-state index contributed by atoms with van der Waals surface area (Å²) >= 11 is 0. The maximum absolute atomic E-state index is 12.4. The molecule has 0 spiro atoms. The van der Waals surface area contributed by atoms with Crippen molar-refractivity contribution in [1.82, 2.24) is 15.4 Å². The molecule has 0 aliphatic heterocycles. The lowest BCUT2D eigenvalue weighted by atomic mass is 9.96. The van der Waals surface area contributed by atoms with Crippen molar-refractivity contribution >= 4 is 17.9 Å². The number of carbonyl (C=O) groups is 3. The van der Waals surface area contributed by atoms with Crippen LogP contribution in [0.5, 0.6) is 0 Å². The molecule has 0 saturated carbocycles. The third-order valence-electron chi connectivity index (χ3n) is 4.63. The number of rotatable bonds is 19. The van der Waals surface area contributed by atoms with E-state index in [2.05, 4.69) is 13.5 Å². The van der Waals surface area contributed by atoms with Crippen LogP contribution in [0.15, 0.2) is 12.2 Å². The van der Waals surface area contributed by atoms with E-state index in [0.717, 1.165) is 24.5 Å². The Morgan fingerprint density at radius 1 is 0.943 bits per heavy atom. The second-order valence-corrected chi connectivity index (χ2v) is 9.47. The molecule has 35 heavy (non-hydrogen) atoms. The molecule has 0 fully saturated rings. The van der Waals surface area contributed by atoms with Gasteiger partial charge in [0.15, 0.2) is 0 Å². The van der Waals surface area contributed by atoms with Crippen molar-refractivity contribution in [2.24, 2.45) is 11.3 Å². The molecule has 1 atom stereocenters. The highest BCUT2D eigenvalue weighted by molar-refractivity contribution is 5.86. The number of nitrogens with zero attached hydrogens (tertiary/aromatic N) is 3. The molecule has 0 heterocycles. The minimum absolute atomic E-state index is 0.0963. The van der Waals surface area contributed by atoms with Crippen molar-refractivity contribution in [2.75, 3.05) is 54.1 Å². The number of hydrogen-bond donors (Lipinski definition) is 0. The summed E-state index contributed by atoms with van der Waals surface area (Å²) in [6.07, 6.45) is 3.17. The van der Waals surface area contributed by atoms with Gasteiger partial charge in [0, 0.05) is 45.2 Å². The van der Waals surface area contributed by atoms with Gasteiger partial charge < -0.3 is 14.2 Å². The summed E-state index contributed by atoms with van der Waals surface area (Å²) in [4.78, 5) is 46.6.